The lowest BCUT2D eigenvalue weighted by atomic mass is 9.86. The molecule has 4 aromatic rings. The first-order valence-corrected chi connectivity index (χ1v) is 13.5. The number of nitrogens with one attached hydrogen (secondary N) is 1. The van der Waals surface area contributed by atoms with E-state index in [-0.39, 0.29) is 43.2 Å². The Bertz CT molecular complexity index is 1490. The van der Waals surface area contributed by atoms with Gasteiger partial charge in [0.25, 0.3) is 0 Å². The van der Waals surface area contributed by atoms with E-state index in [0.29, 0.717) is 25.1 Å². The molecule has 0 bridgehead atoms. The van der Waals surface area contributed by atoms with E-state index in [1.54, 1.807) is 24.3 Å². The number of likely N-dealkylation sites (tertiary alicyclic amines) is 1. The first-order chi connectivity index (χ1) is 19.5. The molecule has 1 N–H and O–H groups in total. The van der Waals surface area contributed by atoms with Crippen molar-refractivity contribution in [3.8, 4) is 0 Å². The fraction of sp³-hybridized carbons (Fsp3) is 0.242. The first-order valence-electron chi connectivity index (χ1n) is 13.5. The number of benzene rings is 4. The maximum Gasteiger partial charge on any atom is 0.224 e. The topological polar surface area (TPSA) is 98.8 Å². The molecular weight excluding hydrogens is 504 g/mol. The van der Waals surface area contributed by atoms with Gasteiger partial charge in [0.15, 0.2) is 5.78 Å². The van der Waals surface area contributed by atoms with Crippen molar-refractivity contribution in [2.24, 2.45) is 0 Å². The molecule has 1 aliphatic heterocycles. The van der Waals surface area contributed by atoms with Crippen LogP contribution in [0.5, 0.6) is 0 Å². The van der Waals surface area contributed by atoms with Gasteiger partial charge >= 0.3 is 0 Å². The number of hydrogen-bond donors (Lipinski definition) is 1. The molecule has 5 rings (SSSR count). The largest absolute Gasteiger partial charge is 0.530 e. The molecule has 4 aromatic carbocycles. The average molecular weight is 536 g/mol. The highest BCUT2D eigenvalue weighted by molar-refractivity contribution is 5.99. The van der Waals surface area contributed by atoms with Crippen molar-refractivity contribution in [2.45, 2.75) is 31.5 Å². The standard InChI is InChI=1S/C33H32N2O5/c36-30(27-7-2-1-3-8-27)20-34-32(37)19-23-10-14-26(15-11-23)29-16-17-35(33(38)39)21-31(29)40-22-24-12-13-25-6-4-5-9-28(25)18-24/h1-15,18,29,31H,16-17,19-22H2,(H,34,37)(H,38,39)/p-1. The number of ether oxygens (including phenoxy) is 1. The van der Waals surface area contributed by atoms with Gasteiger partial charge in [0, 0.05) is 24.6 Å². The summed E-state index contributed by atoms with van der Waals surface area (Å²) in [7, 11) is 0. The van der Waals surface area contributed by atoms with Crippen LogP contribution in [-0.2, 0) is 22.6 Å². The summed E-state index contributed by atoms with van der Waals surface area (Å²) in [5, 5.41) is 16.6. The number of hydrogen-bond acceptors (Lipinski definition) is 5. The summed E-state index contributed by atoms with van der Waals surface area (Å²) >= 11 is 0. The van der Waals surface area contributed by atoms with Crippen molar-refractivity contribution in [3.63, 3.8) is 0 Å². The molecule has 2 unspecified atom stereocenters. The summed E-state index contributed by atoms with van der Waals surface area (Å²) in [6.45, 7) is 0.934. The van der Waals surface area contributed by atoms with Gasteiger partial charge in [0.05, 0.1) is 25.7 Å². The molecule has 2 atom stereocenters. The van der Waals surface area contributed by atoms with Crippen molar-refractivity contribution in [1.82, 2.24) is 10.2 Å². The van der Waals surface area contributed by atoms with Gasteiger partial charge in [0.2, 0.25) is 5.91 Å². The molecule has 204 valence electrons. The molecular formula is C33H31N2O5-. The molecule has 7 heteroatoms. The number of rotatable bonds is 9. The monoisotopic (exact) mass is 535 g/mol. The molecule has 0 saturated carbocycles. The Hall–Kier alpha value is -4.49. The van der Waals surface area contributed by atoms with Gasteiger partial charge in [-0.15, -0.1) is 0 Å². The Labute approximate surface area is 233 Å². The van der Waals surface area contributed by atoms with E-state index in [9.17, 15) is 19.5 Å². The van der Waals surface area contributed by atoms with E-state index in [2.05, 4.69) is 29.6 Å². The molecule has 1 fully saturated rings. The van der Waals surface area contributed by atoms with Gasteiger partial charge in [0.1, 0.15) is 6.09 Å². The zero-order valence-electron chi connectivity index (χ0n) is 22.1. The number of carbonyl (C=O) groups is 3. The van der Waals surface area contributed by atoms with Crippen LogP contribution in [0.1, 0.15) is 39.4 Å². The third kappa shape index (κ3) is 6.74. The molecule has 0 aromatic heterocycles. The van der Waals surface area contributed by atoms with E-state index >= 15 is 0 Å². The molecule has 2 amide bonds. The Morgan fingerprint density at radius 2 is 1.55 bits per heavy atom. The number of ketones is 1. The highest BCUT2D eigenvalue weighted by Gasteiger charge is 2.31. The van der Waals surface area contributed by atoms with E-state index in [4.69, 9.17) is 4.74 Å². The zero-order valence-corrected chi connectivity index (χ0v) is 22.1. The van der Waals surface area contributed by atoms with Crippen LogP contribution in [0.15, 0.2) is 97.1 Å². The van der Waals surface area contributed by atoms with Crippen molar-refractivity contribution in [1.29, 1.82) is 0 Å². The van der Waals surface area contributed by atoms with Gasteiger partial charge in [-0.05, 0) is 39.9 Å². The summed E-state index contributed by atoms with van der Waals surface area (Å²) in [6.07, 6.45) is -0.758. The summed E-state index contributed by atoms with van der Waals surface area (Å²) in [5.74, 6) is -0.361. The van der Waals surface area contributed by atoms with Gasteiger partial charge < -0.3 is 24.9 Å². The number of carboxylic acid groups (broad SMARTS) is 1. The SMILES string of the molecule is O=C(Cc1ccc(C2CCN(C(=O)[O-])CC2OCc2ccc3ccccc3c2)cc1)NCC(=O)c1ccccc1. The van der Waals surface area contributed by atoms with Crippen molar-refractivity contribution in [3.05, 3.63) is 119 Å². The number of amides is 2. The number of carbonyl (C=O) groups excluding carboxylic acids is 3. The maximum atomic E-state index is 12.4. The quantitative estimate of drug-likeness (QED) is 0.326. The Morgan fingerprint density at radius 1 is 0.850 bits per heavy atom. The maximum absolute atomic E-state index is 12.4. The van der Waals surface area contributed by atoms with Gasteiger partial charge in [-0.3, -0.25) is 9.59 Å². The van der Waals surface area contributed by atoms with E-state index in [1.807, 2.05) is 48.5 Å². The van der Waals surface area contributed by atoms with E-state index < -0.39 is 6.09 Å². The molecule has 0 radical (unpaired) electrons. The minimum absolute atomic E-state index is 0.00225. The summed E-state index contributed by atoms with van der Waals surface area (Å²) in [4.78, 5) is 37.6. The minimum atomic E-state index is -1.19. The Morgan fingerprint density at radius 3 is 2.30 bits per heavy atom. The normalized spacial score (nSPS) is 16.9. The number of Topliss-reactive ketones (excluding diaryl/α,β-unsaturated/α-hetero) is 1. The lowest BCUT2D eigenvalue weighted by Gasteiger charge is -2.40. The second kappa shape index (κ2) is 12.6. The van der Waals surface area contributed by atoms with Crippen LogP contribution < -0.4 is 10.4 Å². The average Bonchev–Trinajstić information content (AvgIpc) is 2.99. The highest BCUT2D eigenvalue weighted by Crippen LogP contribution is 2.31. The second-order valence-electron chi connectivity index (χ2n) is 10.1. The number of fused-ring (bicyclic) bond motifs is 1. The third-order valence-corrected chi connectivity index (χ3v) is 7.41. The first kappa shape index (κ1) is 27.1. The summed E-state index contributed by atoms with van der Waals surface area (Å²) in [5.41, 5.74) is 3.45. The van der Waals surface area contributed by atoms with Gasteiger partial charge in [-0.25, -0.2) is 0 Å². The molecule has 0 aliphatic carbocycles. The smallest absolute Gasteiger partial charge is 0.224 e. The van der Waals surface area contributed by atoms with Crippen LogP contribution in [-0.4, -0.2) is 48.4 Å². The lowest BCUT2D eigenvalue weighted by Crippen LogP contribution is -2.51. The van der Waals surface area contributed by atoms with E-state index in [1.165, 1.54) is 4.90 Å². The Balaban J connectivity index is 1.21. The summed E-state index contributed by atoms with van der Waals surface area (Å²) in [6, 6.07) is 30.9. The molecule has 1 aliphatic rings. The van der Waals surface area contributed by atoms with Crippen molar-refractivity contribution < 1.29 is 24.2 Å². The molecule has 0 spiro atoms. The number of nitrogens with zero attached hydrogens (tertiary/aromatic N) is 1. The second-order valence-corrected chi connectivity index (χ2v) is 10.1. The molecule has 40 heavy (non-hydrogen) atoms. The predicted molar refractivity (Wildman–Crippen MR) is 151 cm³/mol. The van der Waals surface area contributed by atoms with Crippen molar-refractivity contribution >= 4 is 28.6 Å². The van der Waals surface area contributed by atoms with Crippen LogP contribution in [0.2, 0.25) is 0 Å². The minimum Gasteiger partial charge on any atom is -0.530 e. The molecule has 1 heterocycles. The van der Waals surface area contributed by atoms with Crippen LogP contribution in [0.25, 0.3) is 10.8 Å². The van der Waals surface area contributed by atoms with Crippen molar-refractivity contribution in [2.75, 3.05) is 19.6 Å². The van der Waals surface area contributed by atoms with Crippen LogP contribution >= 0.6 is 0 Å². The van der Waals surface area contributed by atoms with Gasteiger partial charge in [-0.1, -0.05) is 91.0 Å². The van der Waals surface area contributed by atoms with Crippen LogP contribution in [0.3, 0.4) is 0 Å². The zero-order chi connectivity index (χ0) is 27.9. The third-order valence-electron chi connectivity index (χ3n) is 7.41. The van der Waals surface area contributed by atoms with Crippen LogP contribution in [0.4, 0.5) is 4.79 Å². The highest BCUT2D eigenvalue weighted by atomic mass is 16.5. The van der Waals surface area contributed by atoms with Gasteiger partial charge in [-0.2, -0.15) is 0 Å². The predicted octanol–water partition coefficient (Wildman–Crippen LogP) is 4.10. The number of piperidine rings is 1. The summed E-state index contributed by atoms with van der Waals surface area (Å²) < 4.78 is 6.32. The molecule has 1 saturated heterocycles. The van der Waals surface area contributed by atoms with E-state index in [0.717, 1.165) is 27.5 Å². The fourth-order valence-electron chi connectivity index (χ4n) is 5.20. The Kier molecular flexibility index (Phi) is 8.52. The molecule has 7 nitrogen and oxygen atoms in total. The van der Waals surface area contributed by atoms with Crippen LogP contribution in [0, 0.1) is 0 Å². The lowest BCUT2D eigenvalue weighted by molar-refractivity contribution is -0.268. The fourth-order valence-corrected chi connectivity index (χ4v) is 5.20.